The highest BCUT2D eigenvalue weighted by Gasteiger charge is 2.17. The molecule has 1 aliphatic rings. The average molecular weight is 326 g/mol. The fourth-order valence-corrected chi connectivity index (χ4v) is 3.10. The van der Waals surface area contributed by atoms with Crippen molar-refractivity contribution in [3.05, 3.63) is 48.4 Å². The minimum absolute atomic E-state index is 0.0641. The van der Waals surface area contributed by atoms with Gasteiger partial charge >= 0.3 is 0 Å². The number of nitrogens with one attached hydrogen (secondary N) is 2. The molecule has 0 radical (unpaired) electrons. The van der Waals surface area contributed by atoms with Crippen LogP contribution >= 0.6 is 0 Å². The van der Waals surface area contributed by atoms with Crippen molar-refractivity contribution in [2.24, 2.45) is 5.92 Å². The van der Waals surface area contributed by atoms with Crippen LogP contribution in [0.2, 0.25) is 0 Å². The van der Waals surface area contributed by atoms with Crippen LogP contribution in [0, 0.1) is 5.92 Å². The topological polar surface area (TPSA) is 71.3 Å². The standard InChI is InChI=1S/C19H22N2O3/c22-18(13-14-5-2-1-3-6-14)20-15-8-10-16(11-9-15)21-19(23)17-7-4-12-24-17/h4,7-12,14H,1-3,5-6,13H2,(H,20,22)(H,21,23). The second kappa shape index (κ2) is 7.81. The van der Waals surface area contributed by atoms with Crippen molar-refractivity contribution in [2.75, 3.05) is 10.6 Å². The van der Waals surface area contributed by atoms with E-state index < -0.39 is 0 Å². The Morgan fingerprint density at radius 1 is 0.958 bits per heavy atom. The maximum Gasteiger partial charge on any atom is 0.291 e. The van der Waals surface area contributed by atoms with Crippen molar-refractivity contribution in [1.82, 2.24) is 0 Å². The number of carbonyl (C=O) groups excluding carboxylic acids is 2. The maximum atomic E-state index is 12.1. The van der Waals surface area contributed by atoms with Gasteiger partial charge in [0, 0.05) is 17.8 Å². The molecule has 0 saturated heterocycles. The Bertz CT molecular complexity index is 671. The van der Waals surface area contributed by atoms with Gasteiger partial charge in [-0.05, 0) is 55.2 Å². The van der Waals surface area contributed by atoms with E-state index in [0.29, 0.717) is 18.0 Å². The molecule has 1 aromatic carbocycles. The van der Waals surface area contributed by atoms with Crippen molar-refractivity contribution in [1.29, 1.82) is 0 Å². The summed E-state index contributed by atoms with van der Waals surface area (Å²) in [6, 6.07) is 10.4. The Labute approximate surface area is 141 Å². The number of furan rings is 1. The molecular formula is C19H22N2O3. The predicted octanol–water partition coefficient (Wildman–Crippen LogP) is 4.44. The first-order chi connectivity index (χ1) is 11.7. The number of hydrogen-bond donors (Lipinski definition) is 2. The number of anilines is 2. The Kier molecular flexibility index (Phi) is 5.31. The molecule has 1 aliphatic carbocycles. The normalized spacial score (nSPS) is 15.0. The summed E-state index contributed by atoms with van der Waals surface area (Å²) in [5.41, 5.74) is 1.40. The molecule has 1 fully saturated rings. The second-order valence-corrected chi connectivity index (χ2v) is 6.27. The fraction of sp³-hybridized carbons (Fsp3) is 0.368. The molecule has 126 valence electrons. The van der Waals surface area contributed by atoms with Gasteiger partial charge in [-0.1, -0.05) is 19.3 Å². The first-order valence-corrected chi connectivity index (χ1v) is 8.45. The van der Waals surface area contributed by atoms with Crippen LogP contribution in [-0.4, -0.2) is 11.8 Å². The van der Waals surface area contributed by atoms with Crippen molar-refractivity contribution in [3.8, 4) is 0 Å². The van der Waals surface area contributed by atoms with Gasteiger partial charge < -0.3 is 15.1 Å². The Morgan fingerprint density at radius 3 is 2.25 bits per heavy atom. The monoisotopic (exact) mass is 326 g/mol. The summed E-state index contributed by atoms with van der Waals surface area (Å²) in [6.07, 6.45) is 8.14. The summed E-state index contributed by atoms with van der Waals surface area (Å²) in [4.78, 5) is 24.0. The molecule has 1 aromatic heterocycles. The SMILES string of the molecule is O=C(CC1CCCCC1)Nc1ccc(NC(=O)c2ccco2)cc1. The van der Waals surface area contributed by atoms with Crippen molar-refractivity contribution < 1.29 is 14.0 Å². The molecule has 0 aliphatic heterocycles. The van der Waals surface area contributed by atoms with E-state index in [1.807, 2.05) is 0 Å². The van der Waals surface area contributed by atoms with Crippen LogP contribution in [0.4, 0.5) is 11.4 Å². The lowest BCUT2D eigenvalue weighted by molar-refractivity contribution is -0.117. The van der Waals surface area contributed by atoms with Gasteiger partial charge in [-0.25, -0.2) is 0 Å². The number of rotatable bonds is 5. The highest BCUT2D eigenvalue weighted by molar-refractivity contribution is 6.02. The molecular weight excluding hydrogens is 304 g/mol. The van der Waals surface area contributed by atoms with E-state index >= 15 is 0 Å². The Morgan fingerprint density at radius 2 is 1.62 bits per heavy atom. The zero-order chi connectivity index (χ0) is 16.8. The summed E-state index contributed by atoms with van der Waals surface area (Å²) in [7, 11) is 0. The molecule has 0 unspecified atom stereocenters. The third-order valence-electron chi connectivity index (χ3n) is 4.37. The van der Waals surface area contributed by atoms with Crippen LogP contribution in [-0.2, 0) is 4.79 Å². The summed E-state index contributed by atoms with van der Waals surface area (Å²) >= 11 is 0. The van der Waals surface area contributed by atoms with E-state index in [4.69, 9.17) is 4.42 Å². The van der Waals surface area contributed by atoms with E-state index in [0.717, 1.165) is 18.5 Å². The van der Waals surface area contributed by atoms with Gasteiger partial charge in [0.1, 0.15) is 0 Å². The molecule has 24 heavy (non-hydrogen) atoms. The molecule has 2 amide bonds. The first-order valence-electron chi connectivity index (χ1n) is 8.45. The smallest absolute Gasteiger partial charge is 0.291 e. The predicted molar refractivity (Wildman–Crippen MR) is 92.9 cm³/mol. The van der Waals surface area contributed by atoms with Crippen LogP contribution in [0.1, 0.15) is 49.1 Å². The molecule has 1 heterocycles. The third kappa shape index (κ3) is 4.47. The summed E-state index contributed by atoms with van der Waals surface area (Å²) in [6.45, 7) is 0. The molecule has 0 spiro atoms. The Balaban J connectivity index is 1.50. The van der Waals surface area contributed by atoms with Crippen LogP contribution in [0.15, 0.2) is 47.1 Å². The molecule has 0 bridgehead atoms. The maximum absolute atomic E-state index is 12.1. The zero-order valence-corrected chi connectivity index (χ0v) is 13.6. The lowest BCUT2D eigenvalue weighted by Crippen LogP contribution is -2.18. The van der Waals surface area contributed by atoms with Crippen molar-refractivity contribution >= 4 is 23.2 Å². The quantitative estimate of drug-likeness (QED) is 0.853. The Hall–Kier alpha value is -2.56. The van der Waals surface area contributed by atoms with E-state index in [2.05, 4.69) is 10.6 Å². The van der Waals surface area contributed by atoms with Crippen LogP contribution in [0.3, 0.4) is 0 Å². The van der Waals surface area contributed by atoms with E-state index in [1.165, 1.54) is 25.5 Å². The van der Waals surface area contributed by atoms with E-state index in [9.17, 15) is 9.59 Å². The largest absolute Gasteiger partial charge is 0.459 e. The summed E-state index contributed by atoms with van der Waals surface area (Å²) in [5, 5.41) is 5.67. The second-order valence-electron chi connectivity index (χ2n) is 6.27. The summed E-state index contributed by atoms with van der Waals surface area (Å²) in [5.74, 6) is 0.550. The molecule has 1 saturated carbocycles. The van der Waals surface area contributed by atoms with Gasteiger partial charge in [-0.2, -0.15) is 0 Å². The van der Waals surface area contributed by atoms with Gasteiger partial charge in [0.15, 0.2) is 5.76 Å². The lowest BCUT2D eigenvalue weighted by Gasteiger charge is -2.20. The summed E-state index contributed by atoms with van der Waals surface area (Å²) < 4.78 is 5.05. The number of carbonyl (C=O) groups is 2. The number of hydrogen-bond acceptors (Lipinski definition) is 3. The van der Waals surface area contributed by atoms with Crippen molar-refractivity contribution in [3.63, 3.8) is 0 Å². The van der Waals surface area contributed by atoms with Crippen LogP contribution in [0.5, 0.6) is 0 Å². The lowest BCUT2D eigenvalue weighted by atomic mass is 9.87. The third-order valence-corrected chi connectivity index (χ3v) is 4.37. The fourth-order valence-electron chi connectivity index (χ4n) is 3.10. The highest BCUT2D eigenvalue weighted by atomic mass is 16.3. The van der Waals surface area contributed by atoms with Gasteiger partial charge in [0.25, 0.3) is 5.91 Å². The minimum Gasteiger partial charge on any atom is -0.459 e. The molecule has 0 atom stereocenters. The molecule has 5 nitrogen and oxygen atoms in total. The van der Waals surface area contributed by atoms with Gasteiger partial charge in [-0.15, -0.1) is 0 Å². The first kappa shape index (κ1) is 16.3. The average Bonchev–Trinajstić information content (AvgIpc) is 3.12. The van der Waals surface area contributed by atoms with Gasteiger partial charge in [0.2, 0.25) is 5.91 Å². The molecule has 2 aromatic rings. The molecule has 3 rings (SSSR count). The van der Waals surface area contributed by atoms with Crippen LogP contribution in [0.25, 0.3) is 0 Å². The molecule has 2 N–H and O–H groups in total. The van der Waals surface area contributed by atoms with Crippen molar-refractivity contribution in [2.45, 2.75) is 38.5 Å². The highest BCUT2D eigenvalue weighted by Crippen LogP contribution is 2.26. The van der Waals surface area contributed by atoms with E-state index in [1.54, 1.807) is 36.4 Å². The molecule has 5 heteroatoms. The zero-order valence-electron chi connectivity index (χ0n) is 13.6. The minimum atomic E-state index is -0.297. The van der Waals surface area contributed by atoms with Crippen LogP contribution < -0.4 is 10.6 Å². The van der Waals surface area contributed by atoms with Gasteiger partial charge in [0.05, 0.1) is 6.26 Å². The number of amides is 2. The van der Waals surface area contributed by atoms with Gasteiger partial charge in [-0.3, -0.25) is 9.59 Å². The number of benzene rings is 1. The van der Waals surface area contributed by atoms with E-state index in [-0.39, 0.29) is 17.6 Å².